The number of benzene rings is 1. The molecule has 0 saturated heterocycles. The van der Waals surface area contributed by atoms with E-state index < -0.39 is 0 Å². The summed E-state index contributed by atoms with van der Waals surface area (Å²) in [6.07, 6.45) is 0.983. The second-order valence-electron chi connectivity index (χ2n) is 4.27. The van der Waals surface area contributed by atoms with Gasteiger partial charge in [0.25, 0.3) is 0 Å². The van der Waals surface area contributed by atoms with Crippen molar-refractivity contribution in [2.75, 3.05) is 37.6 Å². The van der Waals surface area contributed by atoms with Crippen molar-refractivity contribution in [1.29, 1.82) is 0 Å². The minimum Gasteiger partial charge on any atom is -0.382 e. The molecule has 2 nitrogen and oxygen atoms in total. The van der Waals surface area contributed by atoms with Crippen molar-refractivity contribution in [2.45, 2.75) is 11.8 Å². The van der Waals surface area contributed by atoms with Crippen molar-refractivity contribution in [3.05, 3.63) is 35.9 Å². The Labute approximate surface area is 126 Å². The summed E-state index contributed by atoms with van der Waals surface area (Å²) in [4.78, 5) is 0. The Morgan fingerprint density at radius 1 is 1.00 bits per heavy atom. The van der Waals surface area contributed by atoms with Crippen molar-refractivity contribution in [3.8, 4) is 0 Å². The van der Waals surface area contributed by atoms with Crippen LogP contribution in [0, 0.1) is 0 Å². The fourth-order valence-corrected chi connectivity index (χ4v) is 3.91. The maximum Gasteiger partial charge on any atom is 0.0700 e. The van der Waals surface area contributed by atoms with Crippen molar-refractivity contribution < 1.29 is 9.47 Å². The van der Waals surface area contributed by atoms with Crippen LogP contribution in [0.25, 0.3) is 0 Å². The van der Waals surface area contributed by atoms with Gasteiger partial charge in [-0.05, 0) is 12.0 Å². The Morgan fingerprint density at radius 2 is 1.67 bits per heavy atom. The van der Waals surface area contributed by atoms with Gasteiger partial charge in [0.05, 0.1) is 13.2 Å². The molecule has 1 rings (SSSR count). The van der Waals surface area contributed by atoms with Crippen LogP contribution in [0.4, 0.5) is 0 Å². The van der Waals surface area contributed by atoms with Crippen LogP contribution in [0.3, 0.4) is 0 Å². The largest absolute Gasteiger partial charge is 0.382 e. The lowest BCUT2D eigenvalue weighted by Crippen LogP contribution is -2.32. The Hall–Kier alpha value is 0.1000. The van der Waals surface area contributed by atoms with E-state index in [1.165, 1.54) is 5.56 Å². The van der Waals surface area contributed by atoms with Crippen molar-refractivity contribution in [3.63, 3.8) is 0 Å². The van der Waals surface area contributed by atoms with Crippen molar-refractivity contribution in [2.24, 2.45) is 0 Å². The molecular formula is C14H20Br2O2. The molecule has 1 aromatic carbocycles. The fourth-order valence-electron chi connectivity index (χ4n) is 1.77. The summed E-state index contributed by atoms with van der Waals surface area (Å²) < 4.78 is 10.6. The van der Waals surface area contributed by atoms with Crippen LogP contribution in [0.15, 0.2) is 30.3 Å². The minimum atomic E-state index is 0.0916. The van der Waals surface area contributed by atoms with Gasteiger partial charge in [-0.25, -0.2) is 0 Å². The first-order valence-corrected chi connectivity index (χ1v) is 8.27. The summed E-state index contributed by atoms with van der Waals surface area (Å²) in [6, 6.07) is 10.6. The lowest BCUT2D eigenvalue weighted by molar-refractivity contribution is 0.0635. The average Bonchev–Trinajstić information content (AvgIpc) is 2.44. The zero-order chi connectivity index (χ0) is 13.3. The lowest BCUT2D eigenvalue weighted by Gasteiger charge is -2.30. The molecule has 1 aromatic rings. The number of halogens is 2. The molecule has 0 amide bonds. The van der Waals surface area contributed by atoms with Crippen molar-refractivity contribution in [1.82, 2.24) is 0 Å². The molecule has 18 heavy (non-hydrogen) atoms. The van der Waals surface area contributed by atoms with E-state index in [9.17, 15) is 0 Å². The molecule has 0 N–H and O–H groups in total. The van der Waals surface area contributed by atoms with Gasteiger partial charge in [0, 0.05) is 29.8 Å². The number of ether oxygens (including phenoxy) is 2. The molecule has 0 aliphatic heterocycles. The first-order valence-electron chi connectivity index (χ1n) is 6.03. The summed E-state index contributed by atoms with van der Waals surface area (Å²) in [5.74, 6) is 0. The Morgan fingerprint density at radius 3 is 2.22 bits per heavy atom. The molecule has 0 spiro atoms. The van der Waals surface area contributed by atoms with Gasteiger partial charge in [0.15, 0.2) is 0 Å². The summed E-state index contributed by atoms with van der Waals surface area (Å²) >= 11 is 7.29. The molecule has 0 heterocycles. The molecule has 0 aliphatic rings. The van der Waals surface area contributed by atoms with Crippen LogP contribution in [0.5, 0.6) is 0 Å². The molecule has 102 valence electrons. The van der Waals surface area contributed by atoms with E-state index in [-0.39, 0.29) is 5.41 Å². The van der Waals surface area contributed by atoms with E-state index in [4.69, 9.17) is 9.47 Å². The van der Waals surface area contributed by atoms with Gasteiger partial charge in [-0.1, -0.05) is 62.2 Å². The highest BCUT2D eigenvalue weighted by Gasteiger charge is 2.29. The first kappa shape index (κ1) is 16.2. The molecule has 4 heteroatoms. The molecule has 0 aromatic heterocycles. The van der Waals surface area contributed by atoms with Gasteiger partial charge in [-0.15, -0.1) is 0 Å². The van der Waals surface area contributed by atoms with E-state index in [2.05, 4.69) is 56.1 Å². The van der Waals surface area contributed by atoms with Crippen LogP contribution in [-0.2, 0) is 14.9 Å². The SMILES string of the molecule is COCCOCCC(CBr)(CBr)c1ccccc1. The first-order chi connectivity index (χ1) is 8.79. The monoisotopic (exact) mass is 378 g/mol. The molecule has 0 fully saturated rings. The van der Waals surface area contributed by atoms with Crippen LogP contribution in [-0.4, -0.2) is 37.6 Å². The van der Waals surface area contributed by atoms with Crippen LogP contribution < -0.4 is 0 Å². The van der Waals surface area contributed by atoms with E-state index in [1.54, 1.807) is 7.11 Å². The van der Waals surface area contributed by atoms with Gasteiger partial charge in [-0.3, -0.25) is 0 Å². The summed E-state index contributed by atoms with van der Waals surface area (Å²) in [7, 11) is 1.69. The summed E-state index contributed by atoms with van der Waals surface area (Å²) in [5.41, 5.74) is 1.43. The van der Waals surface area contributed by atoms with E-state index in [1.807, 2.05) is 6.07 Å². The topological polar surface area (TPSA) is 18.5 Å². The molecule has 0 saturated carbocycles. The minimum absolute atomic E-state index is 0.0916. The quantitative estimate of drug-likeness (QED) is 0.480. The van der Waals surface area contributed by atoms with E-state index in [0.29, 0.717) is 13.2 Å². The highest BCUT2D eigenvalue weighted by atomic mass is 79.9. The zero-order valence-electron chi connectivity index (χ0n) is 10.7. The number of alkyl halides is 2. The van der Waals surface area contributed by atoms with E-state index in [0.717, 1.165) is 23.7 Å². The summed E-state index contributed by atoms with van der Waals surface area (Å²) in [6.45, 7) is 2.06. The normalized spacial score (nSPS) is 11.7. The molecule has 0 bridgehead atoms. The van der Waals surface area contributed by atoms with Gasteiger partial charge in [-0.2, -0.15) is 0 Å². The highest BCUT2D eigenvalue weighted by Crippen LogP contribution is 2.32. The van der Waals surface area contributed by atoms with Crippen LogP contribution >= 0.6 is 31.9 Å². The number of hydrogen-bond acceptors (Lipinski definition) is 2. The van der Waals surface area contributed by atoms with E-state index >= 15 is 0 Å². The third-order valence-corrected chi connectivity index (χ3v) is 5.20. The molecule has 0 atom stereocenters. The standard InChI is InChI=1S/C14H20Br2O2/c1-17-9-10-18-8-7-14(11-15,12-16)13-5-3-2-4-6-13/h2-6H,7-12H2,1H3. The predicted molar refractivity (Wildman–Crippen MR) is 83.0 cm³/mol. The number of rotatable bonds is 9. The van der Waals surface area contributed by atoms with Gasteiger partial charge >= 0.3 is 0 Å². The zero-order valence-corrected chi connectivity index (χ0v) is 13.9. The Bertz CT molecular complexity index is 313. The third-order valence-electron chi connectivity index (χ3n) is 3.05. The Balaban J connectivity index is 2.58. The second kappa shape index (κ2) is 9.08. The number of methoxy groups -OCH3 is 1. The fraction of sp³-hybridized carbons (Fsp3) is 0.571. The molecule has 0 radical (unpaired) electrons. The second-order valence-corrected chi connectivity index (χ2v) is 5.39. The number of hydrogen-bond donors (Lipinski definition) is 0. The van der Waals surface area contributed by atoms with Gasteiger partial charge < -0.3 is 9.47 Å². The molecule has 0 unspecified atom stereocenters. The maximum absolute atomic E-state index is 5.59. The average molecular weight is 380 g/mol. The molecule has 0 aliphatic carbocycles. The van der Waals surface area contributed by atoms with Gasteiger partial charge in [0.1, 0.15) is 0 Å². The van der Waals surface area contributed by atoms with Crippen molar-refractivity contribution >= 4 is 31.9 Å². The Kier molecular flexibility index (Phi) is 8.15. The van der Waals surface area contributed by atoms with Crippen LogP contribution in [0.2, 0.25) is 0 Å². The maximum atomic E-state index is 5.59. The predicted octanol–water partition coefficient (Wildman–Crippen LogP) is 3.77. The highest BCUT2D eigenvalue weighted by molar-refractivity contribution is 9.09. The van der Waals surface area contributed by atoms with Gasteiger partial charge in [0.2, 0.25) is 0 Å². The lowest BCUT2D eigenvalue weighted by atomic mass is 9.82. The van der Waals surface area contributed by atoms with Crippen LogP contribution in [0.1, 0.15) is 12.0 Å². The smallest absolute Gasteiger partial charge is 0.0700 e. The summed E-state index contributed by atoms with van der Waals surface area (Å²) in [5, 5.41) is 1.84. The molecular weight excluding hydrogens is 360 g/mol. The third kappa shape index (κ3) is 4.65.